The van der Waals surface area contributed by atoms with Crippen molar-refractivity contribution >= 4 is 5.91 Å². The molecular formula is C14H21NO3. The molecule has 4 nitrogen and oxygen atoms in total. The molecule has 0 spiro atoms. The molecule has 0 aliphatic rings. The van der Waals surface area contributed by atoms with Gasteiger partial charge in [0.2, 0.25) is 5.91 Å². The van der Waals surface area contributed by atoms with Crippen LogP contribution in [0.3, 0.4) is 0 Å². The van der Waals surface area contributed by atoms with Crippen molar-refractivity contribution in [1.29, 1.82) is 0 Å². The molecule has 1 rings (SSSR count). The van der Waals surface area contributed by atoms with E-state index in [0.29, 0.717) is 26.0 Å². The van der Waals surface area contributed by atoms with E-state index in [1.54, 1.807) is 6.92 Å². The first kappa shape index (κ1) is 14.5. The Labute approximate surface area is 108 Å². The number of aliphatic hydroxyl groups excluding tert-OH is 1. The number of amides is 1. The van der Waals surface area contributed by atoms with Crippen LogP contribution in [0.1, 0.15) is 25.3 Å². The second-order valence-corrected chi connectivity index (χ2v) is 4.40. The van der Waals surface area contributed by atoms with Crippen molar-refractivity contribution in [3.8, 4) is 5.75 Å². The third kappa shape index (κ3) is 6.25. The molecule has 0 fully saturated rings. The smallest absolute Gasteiger partial charge is 0.223 e. The minimum Gasteiger partial charge on any atom is -0.493 e. The highest BCUT2D eigenvalue weighted by atomic mass is 16.5. The molecule has 1 aromatic carbocycles. The number of nitrogens with one attached hydrogen (secondary N) is 1. The van der Waals surface area contributed by atoms with Crippen molar-refractivity contribution in [1.82, 2.24) is 5.32 Å². The first-order valence-electron chi connectivity index (χ1n) is 6.22. The third-order valence-electron chi connectivity index (χ3n) is 2.47. The first-order chi connectivity index (χ1) is 8.58. The molecule has 100 valence electrons. The summed E-state index contributed by atoms with van der Waals surface area (Å²) in [7, 11) is 0. The number of hydrogen-bond acceptors (Lipinski definition) is 3. The number of benzene rings is 1. The average molecular weight is 251 g/mol. The fraction of sp³-hybridized carbons (Fsp3) is 0.500. The van der Waals surface area contributed by atoms with Crippen molar-refractivity contribution in [2.45, 2.75) is 32.8 Å². The molecule has 0 aromatic heterocycles. The molecule has 0 radical (unpaired) electrons. The quantitative estimate of drug-likeness (QED) is 0.774. The van der Waals surface area contributed by atoms with Gasteiger partial charge in [0.25, 0.3) is 0 Å². The molecular weight excluding hydrogens is 230 g/mol. The van der Waals surface area contributed by atoms with Crippen LogP contribution in [0.25, 0.3) is 0 Å². The summed E-state index contributed by atoms with van der Waals surface area (Å²) in [5.41, 5.74) is 1.13. The van der Waals surface area contributed by atoms with Crippen LogP contribution in [0, 0.1) is 6.92 Å². The van der Waals surface area contributed by atoms with Crippen molar-refractivity contribution in [3.63, 3.8) is 0 Å². The maximum Gasteiger partial charge on any atom is 0.223 e. The molecule has 1 unspecified atom stereocenters. The second kappa shape index (κ2) is 7.71. The standard InChI is InChI=1S/C14H21NO3/c1-11-4-3-5-13(10-11)18-9-7-14(17)15-8-6-12(2)16/h3-5,10,12,16H,6-9H2,1-2H3,(H,15,17). The van der Waals surface area contributed by atoms with Crippen LogP contribution in [-0.4, -0.2) is 30.3 Å². The lowest BCUT2D eigenvalue weighted by Gasteiger charge is -2.08. The Balaban J connectivity index is 2.15. The van der Waals surface area contributed by atoms with Crippen molar-refractivity contribution < 1.29 is 14.6 Å². The fourth-order valence-electron chi connectivity index (χ4n) is 1.48. The lowest BCUT2D eigenvalue weighted by molar-refractivity contribution is -0.121. The van der Waals surface area contributed by atoms with Gasteiger partial charge >= 0.3 is 0 Å². The summed E-state index contributed by atoms with van der Waals surface area (Å²) in [6.07, 6.45) is 0.520. The van der Waals surface area contributed by atoms with Gasteiger partial charge in [-0.15, -0.1) is 0 Å². The summed E-state index contributed by atoms with van der Waals surface area (Å²) in [5, 5.41) is 11.8. The van der Waals surface area contributed by atoms with Crippen LogP contribution in [0.5, 0.6) is 5.75 Å². The number of ether oxygens (including phenoxy) is 1. The molecule has 2 N–H and O–H groups in total. The van der Waals surface area contributed by atoms with Crippen LogP contribution >= 0.6 is 0 Å². The molecule has 0 saturated heterocycles. The molecule has 0 saturated carbocycles. The predicted molar refractivity (Wildman–Crippen MR) is 70.6 cm³/mol. The van der Waals surface area contributed by atoms with Gasteiger partial charge < -0.3 is 15.2 Å². The monoisotopic (exact) mass is 251 g/mol. The Kier molecular flexibility index (Phi) is 6.22. The predicted octanol–water partition coefficient (Wildman–Crippen LogP) is 1.65. The highest BCUT2D eigenvalue weighted by molar-refractivity contribution is 5.75. The summed E-state index contributed by atoms with van der Waals surface area (Å²) in [4.78, 5) is 11.4. The zero-order valence-corrected chi connectivity index (χ0v) is 11.0. The Bertz CT molecular complexity index is 377. The van der Waals surface area contributed by atoms with Crippen LogP contribution < -0.4 is 10.1 Å². The van der Waals surface area contributed by atoms with Crippen molar-refractivity contribution in [2.24, 2.45) is 0 Å². The van der Waals surface area contributed by atoms with E-state index >= 15 is 0 Å². The van der Waals surface area contributed by atoms with E-state index in [1.165, 1.54) is 0 Å². The van der Waals surface area contributed by atoms with Gasteiger partial charge in [-0.1, -0.05) is 12.1 Å². The Morgan fingerprint density at radius 2 is 2.28 bits per heavy atom. The molecule has 0 bridgehead atoms. The van der Waals surface area contributed by atoms with Crippen molar-refractivity contribution in [3.05, 3.63) is 29.8 Å². The number of carbonyl (C=O) groups excluding carboxylic acids is 1. The van der Waals surface area contributed by atoms with Gasteiger partial charge in [-0.25, -0.2) is 0 Å². The minimum absolute atomic E-state index is 0.0525. The fourth-order valence-corrected chi connectivity index (χ4v) is 1.48. The highest BCUT2D eigenvalue weighted by Crippen LogP contribution is 2.12. The second-order valence-electron chi connectivity index (χ2n) is 4.40. The normalized spacial score (nSPS) is 11.9. The molecule has 1 amide bonds. The van der Waals surface area contributed by atoms with Crippen molar-refractivity contribution in [2.75, 3.05) is 13.2 Å². The minimum atomic E-state index is -0.381. The summed E-state index contributed by atoms with van der Waals surface area (Å²) in [6.45, 7) is 4.56. The van der Waals surface area contributed by atoms with E-state index in [0.717, 1.165) is 11.3 Å². The van der Waals surface area contributed by atoms with Gasteiger partial charge in [0, 0.05) is 6.54 Å². The van der Waals surface area contributed by atoms with Crippen LogP contribution in [0.15, 0.2) is 24.3 Å². The van der Waals surface area contributed by atoms with E-state index < -0.39 is 0 Å². The summed E-state index contributed by atoms with van der Waals surface area (Å²) in [5.74, 6) is 0.732. The zero-order chi connectivity index (χ0) is 13.4. The number of aryl methyl sites for hydroxylation is 1. The van der Waals surface area contributed by atoms with Gasteiger partial charge in [0.15, 0.2) is 0 Å². The third-order valence-corrected chi connectivity index (χ3v) is 2.47. The summed E-state index contributed by atoms with van der Waals surface area (Å²) >= 11 is 0. The lowest BCUT2D eigenvalue weighted by Crippen LogP contribution is -2.27. The van der Waals surface area contributed by atoms with Crippen LogP contribution in [0.2, 0.25) is 0 Å². The maximum atomic E-state index is 11.4. The SMILES string of the molecule is Cc1cccc(OCCC(=O)NCCC(C)O)c1. The molecule has 0 heterocycles. The number of rotatable bonds is 7. The average Bonchev–Trinajstić information content (AvgIpc) is 2.28. The number of hydrogen-bond donors (Lipinski definition) is 2. The topological polar surface area (TPSA) is 58.6 Å². The van der Waals surface area contributed by atoms with Gasteiger partial charge in [-0.3, -0.25) is 4.79 Å². The Morgan fingerprint density at radius 1 is 1.50 bits per heavy atom. The molecule has 0 aliphatic heterocycles. The van der Waals surface area contributed by atoms with E-state index in [2.05, 4.69) is 5.32 Å². The van der Waals surface area contributed by atoms with Gasteiger partial charge in [0.1, 0.15) is 5.75 Å². The molecule has 1 atom stereocenters. The number of aliphatic hydroxyl groups is 1. The van der Waals surface area contributed by atoms with E-state index in [9.17, 15) is 4.79 Å². The highest BCUT2D eigenvalue weighted by Gasteiger charge is 2.02. The lowest BCUT2D eigenvalue weighted by atomic mass is 10.2. The molecule has 1 aromatic rings. The molecule has 0 aliphatic carbocycles. The van der Waals surface area contributed by atoms with Gasteiger partial charge in [0.05, 0.1) is 19.1 Å². The van der Waals surface area contributed by atoms with Gasteiger partial charge in [-0.2, -0.15) is 0 Å². The summed E-state index contributed by atoms with van der Waals surface area (Å²) in [6, 6.07) is 7.73. The molecule has 18 heavy (non-hydrogen) atoms. The van der Waals surface area contributed by atoms with Crippen LogP contribution in [-0.2, 0) is 4.79 Å². The zero-order valence-electron chi connectivity index (χ0n) is 11.0. The Morgan fingerprint density at radius 3 is 2.94 bits per heavy atom. The maximum absolute atomic E-state index is 11.4. The van der Waals surface area contributed by atoms with E-state index in [4.69, 9.17) is 9.84 Å². The van der Waals surface area contributed by atoms with E-state index in [1.807, 2.05) is 31.2 Å². The van der Waals surface area contributed by atoms with E-state index in [-0.39, 0.29) is 12.0 Å². The van der Waals surface area contributed by atoms with Crippen LogP contribution in [0.4, 0.5) is 0 Å². The largest absolute Gasteiger partial charge is 0.493 e. The molecule has 4 heteroatoms. The van der Waals surface area contributed by atoms with Gasteiger partial charge in [-0.05, 0) is 38.0 Å². The Hall–Kier alpha value is -1.55. The summed E-state index contributed by atoms with van der Waals surface area (Å²) < 4.78 is 5.47. The first-order valence-corrected chi connectivity index (χ1v) is 6.22. The number of carbonyl (C=O) groups is 1.